The first kappa shape index (κ1) is 24.7. The number of carbonyl (C=O) groups is 2. The second-order valence-electron chi connectivity index (χ2n) is 7.48. The molecule has 0 saturated carbocycles. The van der Waals surface area contributed by atoms with Crippen molar-refractivity contribution in [2.75, 3.05) is 10.6 Å². The highest BCUT2D eigenvalue weighted by atomic mass is 19.4. The van der Waals surface area contributed by atoms with Crippen LogP contribution in [0.5, 0.6) is 0 Å². The van der Waals surface area contributed by atoms with E-state index in [0.29, 0.717) is 6.07 Å². The largest absolute Gasteiger partial charge is 0.418 e. The minimum Gasteiger partial charge on any atom is -0.335 e. The minimum atomic E-state index is -4.84. The number of halogens is 5. The van der Waals surface area contributed by atoms with Gasteiger partial charge in [-0.1, -0.05) is 24.3 Å². The molecule has 0 bridgehead atoms. The molecule has 3 aromatic carbocycles. The molecule has 0 aliphatic heterocycles. The fourth-order valence-corrected chi connectivity index (χ4v) is 3.23. The number of hydrogen-bond acceptors (Lipinski definition) is 2. The second kappa shape index (κ2) is 10.3. The normalized spacial score (nSPS) is 12.1. The molecule has 0 saturated heterocycles. The van der Waals surface area contributed by atoms with Gasteiger partial charge in [0.15, 0.2) is 0 Å². The Bertz CT molecular complexity index is 1160. The van der Waals surface area contributed by atoms with Crippen LogP contribution in [0.3, 0.4) is 0 Å². The summed E-state index contributed by atoms with van der Waals surface area (Å²) in [6.45, 7) is 1.46. The number of carbonyl (C=O) groups excluding carboxylic acids is 2. The lowest BCUT2D eigenvalue weighted by atomic mass is 10.1. The van der Waals surface area contributed by atoms with Crippen molar-refractivity contribution in [2.45, 2.75) is 25.6 Å². The van der Waals surface area contributed by atoms with E-state index < -0.39 is 47.0 Å². The van der Waals surface area contributed by atoms with Gasteiger partial charge in [-0.3, -0.25) is 4.79 Å². The van der Waals surface area contributed by atoms with E-state index >= 15 is 0 Å². The third-order valence-corrected chi connectivity index (χ3v) is 4.82. The number of anilines is 2. The van der Waals surface area contributed by atoms with E-state index in [-0.39, 0.29) is 23.2 Å². The Labute approximate surface area is 192 Å². The zero-order chi connectivity index (χ0) is 24.9. The summed E-state index contributed by atoms with van der Waals surface area (Å²) in [6, 6.07) is 12.4. The Morgan fingerprint density at radius 2 is 1.53 bits per heavy atom. The Morgan fingerprint density at radius 3 is 2.15 bits per heavy atom. The summed E-state index contributed by atoms with van der Waals surface area (Å²) < 4.78 is 68.4. The average molecular weight is 477 g/mol. The van der Waals surface area contributed by atoms with E-state index in [1.165, 1.54) is 31.2 Å². The van der Waals surface area contributed by atoms with Gasteiger partial charge in [0, 0.05) is 22.9 Å². The first-order valence-electron chi connectivity index (χ1n) is 10.1. The third kappa shape index (κ3) is 6.31. The van der Waals surface area contributed by atoms with Gasteiger partial charge in [0.05, 0.1) is 11.3 Å². The molecule has 1 unspecified atom stereocenters. The van der Waals surface area contributed by atoms with Crippen molar-refractivity contribution in [3.8, 4) is 0 Å². The van der Waals surface area contributed by atoms with Crippen LogP contribution < -0.4 is 16.0 Å². The van der Waals surface area contributed by atoms with Crippen LogP contribution in [0.2, 0.25) is 0 Å². The summed E-state index contributed by atoms with van der Waals surface area (Å²) in [6.07, 6.45) is -5.04. The van der Waals surface area contributed by atoms with E-state index in [9.17, 15) is 31.5 Å². The lowest BCUT2D eigenvalue weighted by Crippen LogP contribution is -2.38. The van der Waals surface area contributed by atoms with Crippen LogP contribution in [0.4, 0.5) is 38.1 Å². The zero-order valence-corrected chi connectivity index (χ0v) is 17.8. The van der Waals surface area contributed by atoms with Crippen molar-refractivity contribution < 1.29 is 31.5 Å². The molecule has 0 aliphatic carbocycles. The van der Waals surface area contributed by atoms with Gasteiger partial charge in [-0.2, -0.15) is 13.2 Å². The quantitative estimate of drug-likeness (QED) is 0.382. The van der Waals surface area contributed by atoms with Gasteiger partial charge < -0.3 is 16.0 Å². The third-order valence-electron chi connectivity index (χ3n) is 4.82. The minimum absolute atomic E-state index is 0.115. The standard InChI is InChI=1S/C24H20F5N3O2/c1-14(12-17-19(25)8-5-9-20(17)26)30-23(34)32-21-11-10-16(13-18(21)24(27,28)29)31-22(33)15-6-3-2-4-7-15/h2-11,13-14H,12H2,1H3,(H,31,33)(H2,30,32,34). The summed E-state index contributed by atoms with van der Waals surface area (Å²) in [5, 5.41) is 6.85. The maximum atomic E-state index is 13.8. The van der Waals surface area contributed by atoms with E-state index in [4.69, 9.17) is 0 Å². The molecule has 0 spiro atoms. The van der Waals surface area contributed by atoms with Crippen molar-refractivity contribution in [2.24, 2.45) is 0 Å². The molecule has 3 aromatic rings. The molecule has 3 amide bonds. The van der Waals surface area contributed by atoms with Crippen molar-refractivity contribution >= 4 is 23.3 Å². The number of amides is 3. The van der Waals surface area contributed by atoms with E-state index in [1.54, 1.807) is 18.2 Å². The fourth-order valence-electron chi connectivity index (χ4n) is 3.23. The highest BCUT2D eigenvalue weighted by Crippen LogP contribution is 2.36. The molecule has 0 fully saturated rings. The fraction of sp³-hybridized carbons (Fsp3) is 0.167. The molecule has 5 nitrogen and oxygen atoms in total. The van der Waals surface area contributed by atoms with Crippen LogP contribution in [0.15, 0.2) is 66.7 Å². The zero-order valence-electron chi connectivity index (χ0n) is 17.8. The topological polar surface area (TPSA) is 70.2 Å². The molecule has 3 N–H and O–H groups in total. The van der Waals surface area contributed by atoms with E-state index in [2.05, 4.69) is 16.0 Å². The first-order valence-corrected chi connectivity index (χ1v) is 10.1. The summed E-state index contributed by atoms with van der Waals surface area (Å²) in [4.78, 5) is 24.5. The van der Waals surface area contributed by atoms with Crippen LogP contribution in [-0.4, -0.2) is 18.0 Å². The SMILES string of the molecule is CC(Cc1c(F)cccc1F)NC(=O)Nc1ccc(NC(=O)c2ccccc2)cc1C(F)(F)F. The molecule has 0 aliphatic rings. The van der Waals surface area contributed by atoms with Crippen molar-refractivity contribution in [3.05, 3.63) is 95.1 Å². The first-order chi connectivity index (χ1) is 16.0. The van der Waals surface area contributed by atoms with E-state index in [1.807, 2.05) is 0 Å². The van der Waals surface area contributed by atoms with Gasteiger partial charge in [0.2, 0.25) is 0 Å². The predicted molar refractivity (Wildman–Crippen MR) is 118 cm³/mol. The Hall–Kier alpha value is -3.95. The lowest BCUT2D eigenvalue weighted by molar-refractivity contribution is -0.136. The smallest absolute Gasteiger partial charge is 0.335 e. The number of hydrogen-bond donors (Lipinski definition) is 3. The summed E-state index contributed by atoms with van der Waals surface area (Å²) in [5.74, 6) is -2.18. The molecule has 1 atom stereocenters. The van der Waals surface area contributed by atoms with Crippen LogP contribution in [0.25, 0.3) is 0 Å². The number of rotatable bonds is 6. The molecule has 10 heteroatoms. The van der Waals surface area contributed by atoms with Gasteiger partial charge in [-0.05, 0) is 55.8 Å². The van der Waals surface area contributed by atoms with Gasteiger partial charge in [-0.15, -0.1) is 0 Å². The van der Waals surface area contributed by atoms with Gasteiger partial charge in [0.25, 0.3) is 5.91 Å². The number of nitrogens with one attached hydrogen (secondary N) is 3. The Balaban J connectivity index is 1.71. The summed E-state index contributed by atoms with van der Waals surface area (Å²) in [7, 11) is 0. The molecular formula is C24H20F5N3O2. The molecule has 0 radical (unpaired) electrons. The highest BCUT2D eigenvalue weighted by molar-refractivity contribution is 6.04. The average Bonchev–Trinajstić information content (AvgIpc) is 2.77. The molecule has 178 valence electrons. The summed E-state index contributed by atoms with van der Waals surface area (Å²) >= 11 is 0. The second-order valence-corrected chi connectivity index (χ2v) is 7.48. The maximum Gasteiger partial charge on any atom is 0.418 e. The van der Waals surface area contributed by atoms with Gasteiger partial charge in [-0.25, -0.2) is 13.6 Å². The number of urea groups is 1. The Kier molecular flexibility index (Phi) is 7.50. The molecule has 0 aromatic heterocycles. The van der Waals surface area contributed by atoms with Crippen LogP contribution in [-0.2, 0) is 12.6 Å². The van der Waals surface area contributed by atoms with Crippen LogP contribution in [0, 0.1) is 11.6 Å². The maximum absolute atomic E-state index is 13.8. The molecule has 0 heterocycles. The highest BCUT2D eigenvalue weighted by Gasteiger charge is 2.34. The van der Waals surface area contributed by atoms with Gasteiger partial charge >= 0.3 is 12.2 Å². The lowest BCUT2D eigenvalue weighted by Gasteiger charge is -2.18. The van der Waals surface area contributed by atoms with Crippen LogP contribution >= 0.6 is 0 Å². The monoisotopic (exact) mass is 477 g/mol. The predicted octanol–water partition coefficient (Wildman–Crippen LogP) is 5.99. The number of alkyl halides is 3. The van der Waals surface area contributed by atoms with Crippen molar-refractivity contribution in [1.29, 1.82) is 0 Å². The molecular weight excluding hydrogens is 457 g/mol. The Morgan fingerprint density at radius 1 is 0.882 bits per heavy atom. The molecule has 34 heavy (non-hydrogen) atoms. The van der Waals surface area contributed by atoms with Crippen molar-refractivity contribution in [1.82, 2.24) is 5.32 Å². The number of benzene rings is 3. The van der Waals surface area contributed by atoms with E-state index in [0.717, 1.165) is 18.2 Å². The van der Waals surface area contributed by atoms with Crippen LogP contribution in [0.1, 0.15) is 28.4 Å². The van der Waals surface area contributed by atoms with Crippen molar-refractivity contribution in [3.63, 3.8) is 0 Å². The summed E-state index contributed by atoms with van der Waals surface area (Å²) in [5.41, 5.74) is -1.83. The van der Waals surface area contributed by atoms with Gasteiger partial charge in [0.1, 0.15) is 11.6 Å². The molecule has 3 rings (SSSR count).